The summed E-state index contributed by atoms with van der Waals surface area (Å²) in [6, 6.07) is 15.0. The van der Waals surface area contributed by atoms with Gasteiger partial charge in [0.05, 0.1) is 17.3 Å². The van der Waals surface area contributed by atoms with Gasteiger partial charge in [-0.05, 0) is 54.5 Å². The summed E-state index contributed by atoms with van der Waals surface area (Å²) in [6.07, 6.45) is 7.93. The van der Waals surface area contributed by atoms with Crippen LogP contribution in [-0.4, -0.2) is 23.9 Å². The highest BCUT2D eigenvalue weighted by atomic mass is 79.9. The van der Waals surface area contributed by atoms with Crippen molar-refractivity contribution in [3.05, 3.63) is 75.8 Å². The zero-order valence-corrected chi connectivity index (χ0v) is 16.8. The summed E-state index contributed by atoms with van der Waals surface area (Å²) in [4.78, 5) is 15.2. The first kappa shape index (κ1) is 17.1. The molecule has 2 heterocycles. The SMILES string of the molecule is O=C(c1cccc2c1N[C@H](c1ccc(Br)cc1)[C@@H]1CC=C[C@@H]21)N1CCCC1. The molecule has 2 aromatic carbocycles. The maximum Gasteiger partial charge on any atom is 0.255 e. The molecule has 4 heteroatoms. The number of anilines is 1. The minimum Gasteiger partial charge on any atom is -0.377 e. The highest BCUT2D eigenvalue weighted by Crippen LogP contribution is 2.50. The van der Waals surface area contributed by atoms with Gasteiger partial charge in [0.2, 0.25) is 0 Å². The second-order valence-corrected chi connectivity index (χ2v) is 8.71. The molecule has 27 heavy (non-hydrogen) atoms. The van der Waals surface area contributed by atoms with Crippen LogP contribution < -0.4 is 5.32 Å². The third-order valence-electron chi connectivity index (χ3n) is 6.25. The molecule has 3 atom stereocenters. The number of nitrogens with zero attached hydrogens (tertiary/aromatic N) is 1. The van der Waals surface area contributed by atoms with E-state index in [-0.39, 0.29) is 11.9 Å². The van der Waals surface area contributed by atoms with E-state index in [9.17, 15) is 4.79 Å². The minimum absolute atomic E-state index is 0.173. The van der Waals surface area contributed by atoms with Crippen LogP contribution in [0.3, 0.4) is 0 Å². The molecule has 138 valence electrons. The van der Waals surface area contributed by atoms with Crippen molar-refractivity contribution in [3.8, 4) is 0 Å². The molecule has 5 rings (SSSR count). The number of benzene rings is 2. The van der Waals surface area contributed by atoms with Gasteiger partial charge in [0.1, 0.15) is 0 Å². The third-order valence-corrected chi connectivity index (χ3v) is 6.78. The molecule has 0 spiro atoms. The molecule has 3 aliphatic rings. The van der Waals surface area contributed by atoms with Crippen LogP contribution in [0.1, 0.15) is 52.7 Å². The quantitative estimate of drug-likeness (QED) is 0.646. The predicted octanol–water partition coefficient (Wildman–Crippen LogP) is 5.51. The molecule has 0 aromatic heterocycles. The number of rotatable bonds is 2. The lowest BCUT2D eigenvalue weighted by Crippen LogP contribution is -2.33. The standard InChI is InChI=1S/C23H23BrN2O/c24-16-11-9-15(10-12-16)21-18-6-3-5-17(18)19-7-4-8-20(22(19)25-21)23(27)26-13-1-2-14-26/h3-5,7-12,17-18,21,25H,1-2,6,13-14H2/t17-,18-,21-/m1/s1. The van der Waals surface area contributed by atoms with E-state index < -0.39 is 0 Å². The Kier molecular flexibility index (Phi) is 4.31. The Hall–Kier alpha value is -2.07. The summed E-state index contributed by atoms with van der Waals surface area (Å²) < 4.78 is 1.09. The largest absolute Gasteiger partial charge is 0.377 e. The second kappa shape index (κ2) is 6.83. The van der Waals surface area contributed by atoms with E-state index in [1.807, 2.05) is 17.0 Å². The van der Waals surface area contributed by atoms with Gasteiger partial charge in [-0.15, -0.1) is 0 Å². The zero-order valence-electron chi connectivity index (χ0n) is 15.2. The summed E-state index contributed by atoms with van der Waals surface area (Å²) in [5.41, 5.74) is 4.42. The number of nitrogens with one attached hydrogen (secondary N) is 1. The smallest absolute Gasteiger partial charge is 0.255 e. The average molecular weight is 423 g/mol. The Morgan fingerprint density at radius 2 is 1.85 bits per heavy atom. The number of hydrogen-bond acceptors (Lipinski definition) is 2. The van der Waals surface area contributed by atoms with Gasteiger partial charge in [-0.25, -0.2) is 0 Å². The van der Waals surface area contributed by atoms with Crippen LogP contribution in [0.25, 0.3) is 0 Å². The molecule has 1 amide bonds. The van der Waals surface area contributed by atoms with E-state index in [2.05, 4.69) is 63.7 Å². The Morgan fingerprint density at radius 1 is 1.07 bits per heavy atom. The van der Waals surface area contributed by atoms with Crippen molar-refractivity contribution in [3.63, 3.8) is 0 Å². The van der Waals surface area contributed by atoms with E-state index in [4.69, 9.17) is 0 Å². The zero-order chi connectivity index (χ0) is 18.4. The molecule has 3 nitrogen and oxygen atoms in total. The van der Waals surface area contributed by atoms with Crippen molar-refractivity contribution in [2.75, 3.05) is 18.4 Å². The number of carbonyl (C=O) groups is 1. The van der Waals surface area contributed by atoms with Crippen LogP contribution in [-0.2, 0) is 0 Å². The molecule has 2 aliphatic heterocycles. The number of para-hydroxylation sites is 1. The van der Waals surface area contributed by atoms with Crippen molar-refractivity contribution >= 4 is 27.5 Å². The maximum absolute atomic E-state index is 13.2. The molecule has 1 N–H and O–H groups in total. The van der Waals surface area contributed by atoms with E-state index in [1.165, 1.54) is 11.1 Å². The molecule has 0 radical (unpaired) electrons. The van der Waals surface area contributed by atoms with Crippen molar-refractivity contribution in [2.45, 2.75) is 31.2 Å². The minimum atomic E-state index is 0.173. The number of carbonyl (C=O) groups excluding carboxylic acids is 1. The predicted molar refractivity (Wildman–Crippen MR) is 112 cm³/mol. The van der Waals surface area contributed by atoms with E-state index in [1.54, 1.807) is 0 Å². The fourth-order valence-corrected chi connectivity index (χ4v) is 5.15. The summed E-state index contributed by atoms with van der Waals surface area (Å²) in [7, 11) is 0. The van der Waals surface area contributed by atoms with Crippen LogP contribution in [0.4, 0.5) is 5.69 Å². The van der Waals surface area contributed by atoms with E-state index in [0.717, 1.165) is 48.1 Å². The van der Waals surface area contributed by atoms with Gasteiger partial charge < -0.3 is 10.2 Å². The number of halogens is 1. The molecule has 1 aliphatic carbocycles. The van der Waals surface area contributed by atoms with Gasteiger partial charge in [0, 0.05) is 23.5 Å². The molecular formula is C23H23BrN2O. The monoisotopic (exact) mass is 422 g/mol. The lowest BCUT2D eigenvalue weighted by atomic mass is 9.76. The second-order valence-electron chi connectivity index (χ2n) is 7.80. The van der Waals surface area contributed by atoms with E-state index in [0.29, 0.717) is 11.8 Å². The van der Waals surface area contributed by atoms with Gasteiger partial charge in [-0.2, -0.15) is 0 Å². The highest BCUT2D eigenvalue weighted by Gasteiger charge is 2.39. The summed E-state index contributed by atoms with van der Waals surface area (Å²) in [5.74, 6) is 1.05. The molecule has 2 aromatic rings. The van der Waals surface area contributed by atoms with Crippen LogP contribution in [0.2, 0.25) is 0 Å². The first-order valence-electron chi connectivity index (χ1n) is 9.83. The van der Waals surface area contributed by atoms with Crippen LogP contribution in [0, 0.1) is 5.92 Å². The van der Waals surface area contributed by atoms with Crippen molar-refractivity contribution in [1.29, 1.82) is 0 Å². The number of fused-ring (bicyclic) bond motifs is 3. The third kappa shape index (κ3) is 2.91. The summed E-state index contributed by atoms with van der Waals surface area (Å²) in [5, 5.41) is 3.77. The van der Waals surface area contributed by atoms with Crippen LogP contribution in [0.5, 0.6) is 0 Å². The Balaban J connectivity index is 1.57. The van der Waals surface area contributed by atoms with Gasteiger partial charge in [-0.1, -0.05) is 52.3 Å². The molecular weight excluding hydrogens is 400 g/mol. The van der Waals surface area contributed by atoms with Crippen molar-refractivity contribution in [1.82, 2.24) is 4.90 Å². The number of amides is 1. The summed E-state index contributed by atoms with van der Waals surface area (Å²) >= 11 is 3.54. The molecule has 1 saturated heterocycles. The average Bonchev–Trinajstić information content (AvgIpc) is 3.39. The van der Waals surface area contributed by atoms with Crippen LogP contribution in [0.15, 0.2) is 59.1 Å². The van der Waals surface area contributed by atoms with E-state index >= 15 is 0 Å². The van der Waals surface area contributed by atoms with Crippen LogP contribution >= 0.6 is 15.9 Å². The topological polar surface area (TPSA) is 32.3 Å². The number of likely N-dealkylation sites (tertiary alicyclic amines) is 1. The normalized spacial score (nSPS) is 25.8. The molecule has 0 saturated carbocycles. The first-order valence-corrected chi connectivity index (χ1v) is 10.6. The number of hydrogen-bond donors (Lipinski definition) is 1. The fraction of sp³-hybridized carbons (Fsp3) is 0.348. The van der Waals surface area contributed by atoms with Crippen molar-refractivity contribution in [2.24, 2.45) is 5.92 Å². The van der Waals surface area contributed by atoms with Gasteiger partial charge in [0.15, 0.2) is 0 Å². The Morgan fingerprint density at radius 3 is 2.63 bits per heavy atom. The molecule has 0 bridgehead atoms. The van der Waals surface area contributed by atoms with Gasteiger partial charge in [0.25, 0.3) is 5.91 Å². The number of allylic oxidation sites excluding steroid dienone is 2. The lowest BCUT2D eigenvalue weighted by molar-refractivity contribution is 0.0793. The fourth-order valence-electron chi connectivity index (χ4n) is 4.89. The van der Waals surface area contributed by atoms with Crippen molar-refractivity contribution < 1.29 is 4.79 Å². The lowest BCUT2D eigenvalue weighted by Gasteiger charge is -2.38. The summed E-state index contributed by atoms with van der Waals surface area (Å²) in [6.45, 7) is 1.76. The maximum atomic E-state index is 13.2. The highest BCUT2D eigenvalue weighted by molar-refractivity contribution is 9.10. The first-order chi connectivity index (χ1) is 13.2. The molecule has 0 unspecified atom stereocenters. The Bertz CT molecular complexity index is 899. The molecule has 1 fully saturated rings. The van der Waals surface area contributed by atoms with Gasteiger partial charge in [-0.3, -0.25) is 4.79 Å². The van der Waals surface area contributed by atoms with Gasteiger partial charge >= 0.3 is 0 Å². The Labute approximate surface area is 168 Å².